The van der Waals surface area contributed by atoms with Crippen LogP contribution in [0.1, 0.15) is 37.0 Å². The molecule has 3 rings (SSSR count). The molecule has 1 atom stereocenters. The SMILES string of the molecule is CCNC(=O)[C@H](CC)N(Cc1c(Cl)cccc1Cl)C(=O)CN(c1ccc(C)cc1C)S(=O)(=O)c1ccccc1. The summed E-state index contributed by atoms with van der Waals surface area (Å²) in [5.74, 6) is -0.913. The molecule has 0 aliphatic rings. The lowest BCUT2D eigenvalue weighted by atomic mass is 10.1. The van der Waals surface area contributed by atoms with E-state index in [0.717, 1.165) is 9.87 Å². The van der Waals surface area contributed by atoms with E-state index >= 15 is 0 Å². The van der Waals surface area contributed by atoms with Gasteiger partial charge in [0.25, 0.3) is 10.0 Å². The van der Waals surface area contributed by atoms with Gasteiger partial charge < -0.3 is 10.2 Å². The van der Waals surface area contributed by atoms with Gasteiger partial charge in [-0.2, -0.15) is 0 Å². The summed E-state index contributed by atoms with van der Waals surface area (Å²) < 4.78 is 28.9. The van der Waals surface area contributed by atoms with E-state index in [9.17, 15) is 18.0 Å². The summed E-state index contributed by atoms with van der Waals surface area (Å²) in [4.78, 5) is 28.5. The number of carbonyl (C=O) groups is 2. The zero-order chi connectivity index (χ0) is 28.7. The van der Waals surface area contributed by atoms with Crippen LogP contribution in [0.5, 0.6) is 0 Å². The molecule has 0 spiro atoms. The molecule has 0 heterocycles. The molecule has 0 aliphatic carbocycles. The van der Waals surface area contributed by atoms with E-state index < -0.39 is 28.5 Å². The molecule has 3 aromatic rings. The molecule has 0 unspecified atom stereocenters. The number of sulfonamides is 1. The van der Waals surface area contributed by atoms with Crippen LogP contribution in [0, 0.1) is 13.8 Å². The quantitative estimate of drug-likeness (QED) is 0.308. The van der Waals surface area contributed by atoms with Gasteiger partial charge in [-0.25, -0.2) is 8.42 Å². The van der Waals surface area contributed by atoms with E-state index in [4.69, 9.17) is 23.2 Å². The summed E-state index contributed by atoms with van der Waals surface area (Å²) in [6.45, 7) is 7.06. The summed E-state index contributed by atoms with van der Waals surface area (Å²) in [6, 6.07) is 17.4. The second kappa shape index (κ2) is 13.3. The fourth-order valence-corrected chi connectivity index (χ4v) is 6.40. The Morgan fingerprint density at radius 2 is 1.56 bits per heavy atom. The highest BCUT2D eigenvalue weighted by Gasteiger charge is 2.34. The molecule has 0 bridgehead atoms. The van der Waals surface area contributed by atoms with Gasteiger partial charge in [-0.15, -0.1) is 0 Å². The zero-order valence-electron chi connectivity index (χ0n) is 22.4. The first-order valence-corrected chi connectivity index (χ1v) is 14.9. The van der Waals surface area contributed by atoms with Crippen LogP contribution in [0.25, 0.3) is 0 Å². The predicted octanol–water partition coefficient (Wildman–Crippen LogP) is 5.75. The van der Waals surface area contributed by atoms with Gasteiger partial charge in [0.05, 0.1) is 10.6 Å². The van der Waals surface area contributed by atoms with Crippen LogP contribution in [0.2, 0.25) is 10.0 Å². The van der Waals surface area contributed by atoms with Crippen LogP contribution >= 0.6 is 23.2 Å². The van der Waals surface area contributed by atoms with Crippen LogP contribution in [0.15, 0.2) is 71.6 Å². The van der Waals surface area contributed by atoms with Crippen molar-refractivity contribution in [2.75, 3.05) is 17.4 Å². The summed E-state index contributed by atoms with van der Waals surface area (Å²) in [6.07, 6.45) is 0.300. The summed E-state index contributed by atoms with van der Waals surface area (Å²) in [5.41, 5.74) is 2.50. The maximum Gasteiger partial charge on any atom is 0.264 e. The van der Waals surface area contributed by atoms with Gasteiger partial charge in [-0.05, 0) is 63.1 Å². The number of amides is 2. The van der Waals surface area contributed by atoms with Crippen LogP contribution in [-0.2, 0) is 26.2 Å². The number of rotatable bonds is 11. The van der Waals surface area contributed by atoms with Gasteiger partial charge in [-0.1, -0.05) is 72.1 Å². The van der Waals surface area contributed by atoms with E-state index in [1.165, 1.54) is 17.0 Å². The number of halogens is 2. The lowest BCUT2D eigenvalue weighted by molar-refractivity contribution is -0.140. The largest absolute Gasteiger partial charge is 0.355 e. The maximum absolute atomic E-state index is 14.1. The topological polar surface area (TPSA) is 86.8 Å². The van der Waals surface area contributed by atoms with Crippen molar-refractivity contribution >= 4 is 50.7 Å². The number of anilines is 1. The number of likely N-dealkylation sites (N-methyl/N-ethyl adjacent to an activating group) is 1. The fourth-order valence-electron chi connectivity index (χ4n) is 4.38. The zero-order valence-corrected chi connectivity index (χ0v) is 24.8. The van der Waals surface area contributed by atoms with E-state index in [-0.39, 0.29) is 17.3 Å². The average Bonchev–Trinajstić information content (AvgIpc) is 2.89. The van der Waals surface area contributed by atoms with E-state index in [0.29, 0.717) is 39.8 Å². The molecule has 3 aromatic carbocycles. The number of hydrogen-bond acceptors (Lipinski definition) is 4. The molecule has 7 nitrogen and oxygen atoms in total. The number of nitrogens with one attached hydrogen (secondary N) is 1. The second-order valence-electron chi connectivity index (χ2n) is 9.16. The Hall–Kier alpha value is -3.07. The van der Waals surface area contributed by atoms with Gasteiger partial charge in [-0.3, -0.25) is 13.9 Å². The molecule has 0 saturated heterocycles. The van der Waals surface area contributed by atoms with Crippen molar-refractivity contribution in [2.24, 2.45) is 0 Å². The van der Waals surface area contributed by atoms with E-state index in [1.807, 2.05) is 13.0 Å². The molecule has 10 heteroatoms. The first-order chi connectivity index (χ1) is 18.5. The summed E-state index contributed by atoms with van der Waals surface area (Å²) in [7, 11) is -4.14. The molecule has 0 aliphatic heterocycles. The Kier molecular flexibility index (Phi) is 10.4. The van der Waals surface area contributed by atoms with Crippen molar-refractivity contribution in [3.05, 3.63) is 93.5 Å². The molecule has 0 fully saturated rings. The van der Waals surface area contributed by atoms with Crippen LogP contribution in [0.4, 0.5) is 5.69 Å². The molecule has 208 valence electrons. The van der Waals surface area contributed by atoms with Crippen molar-refractivity contribution in [1.29, 1.82) is 0 Å². The smallest absolute Gasteiger partial charge is 0.264 e. The third-order valence-corrected chi connectivity index (χ3v) is 8.84. The van der Waals surface area contributed by atoms with Gasteiger partial charge in [0.15, 0.2) is 0 Å². The molecule has 39 heavy (non-hydrogen) atoms. The van der Waals surface area contributed by atoms with Crippen molar-refractivity contribution in [1.82, 2.24) is 10.2 Å². The molecule has 2 amide bonds. The lowest BCUT2D eigenvalue weighted by Gasteiger charge is -2.34. The first-order valence-electron chi connectivity index (χ1n) is 12.7. The Bertz CT molecular complexity index is 1410. The van der Waals surface area contributed by atoms with Crippen molar-refractivity contribution in [3.63, 3.8) is 0 Å². The Morgan fingerprint density at radius 3 is 2.13 bits per heavy atom. The minimum Gasteiger partial charge on any atom is -0.355 e. The van der Waals surface area contributed by atoms with E-state index in [2.05, 4.69) is 5.32 Å². The Balaban J connectivity index is 2.12. The molecule has 0 radical (unpaired) electrons. The number of aryl methyl sites for hydroxylation is 2. The summed E-state index contributed by atoms with van der Waals surface area (Å²) >= 11 is 12.9. The van der Waals surface area contributed by atoms with Crippen LogP contribution in [0.3, 0.4) is 0 Å². The molecular formula is C29H33Cl2N3O4S. The Morgan fingerprint density at radius 1 is 0.923 bits per heavy atom. The highest BCUT2D eigenvalue weighted by Crippen LogP contribution is 2.30. The third-order valence-electron chi connectivity index (χ3n) is 6.36. The normalized spacial score (nSPS) is 12.1. The number of carbonyl (C=O) groups excluding carboxylic acids is 2. The molecule has 1 N–H and O–H groups in total. The minimum atomic E-state index is -4.14. The van der Waals surface area contributed by atoms with Gasteiger partial charge in [0.2, 0.25) is 11.8 Å². The lowest BCUT2D eigenvalue weighted by Crippen LogP contribution is -2.52. The third kappa shape index (κ3) is 7.12. The van der Waals surface area contributed by atoms with Gasteiger partial charge >= 0.3 is 0 Å². The van der Waals surface area contributed by atoms with Crippen LogP contribution in [-0.4, -0.2) is 44.3 Å². The molecular weight excluding hydrogens is 557 g/mol. The highest BCUT2D eigenvalue weighted by atomic mass is 35.5. The number of nitrogens with zero attached hydrogens (tertiary/aromatic N) is 2. The maximum atomic E-state index is 14.1. The highest BCUT2D eigenvalue weighted by molar-refractivity contribution is 7.92. The monoisotopic (exact) mass is 589 g/mol. The number of benzene rings is 3. The van der Waals surface area contributed by atoms with Crippen molar-refractivity contribution in [3.8, 4) is 0 Å². The predicted molar refractivity (Wildman–Crippen MR) is 157 cm³/mol. The Labute approximate surface area is 240 Å². The van der Waals surface area contributed by atoms with Crippen molar-refractivity contribution in [2.45, 2.75) is 51.6 Å². The fraction of sp³-hybridized carbons (Fsp3) is 0.310. The standard InChI is InChI=1S/C29H33Cl2N3O4S/c1-5-26(29(36)32-6-2)33(18-23-24(30)13-10-14-25(23)31)28(35)19-34(27-16-15-20(3)17-21(27)4)39(37,38)22-11-8-7-9-12-22/h7-17,26H,5-6,18-19H2,1-4H3,(H,32,36)/t26-/m0/s1. The van der Waals surface area contributed by atoms with Crippen molar-refractivity contribution < 1.29 is 18.0 Å². The summed E-state index contributed by atoms with van der Waals surface area (Å²) in [5, 5.41) is 3.46. The first kappa shape index (κ1) is 30.5. The van der Waals surface area contributed by atoms with Gasteiger partial charge in [0.1, 0.15) is 12.6 Å². The molecule has 0 saturated carbocycles. The molecule has 0 aromatic heterocycles. The van der Waals surface area contributed by atoms with Gasteiger partial charge in [0, 0.05) is 28.7 Å². The van der Waals surface area contributed by atoms with E-state index in [1.54, 1.807) is 69.3 Å². The minimum absolute atomic E-state index is 0.0502. The van der Waals surface area contributed by atoms with Crippen LogP contribution < -0.4 is 9.62 Å². The number of hydrogen-bond donors (Lipinski definition) is 1. The second-order valence-corrected chi connectivity index (χ2v) is 11.8. The average molecular weight is 591 g/mol.